The summed E-state index contributed by atoms with van der Waals surface area (Å²) in [6.45, 7) is 0.623. The van der Waals surface area contributed by atoms with Crippen LogP contribution in [0.5, 0.6) is 0 Å². The number of nitrogens with two attached hydrogens (primary N) is 1. The molecule has 21 heavy (non-hydrogen) atoms. The van der Waals surface area contributed by atoms with Gasteiger partial charge in [-0.05, 0) is 13.5 Å². The molecule has 120 valence electrons. The Labute approximate surface area is 121 Å². The second-order valence-electron chi connectivity index (χ2n) is 4.75. The first kappa shape index (κ1) is 17.6. The Balaban J connectivity index is 0.000000211. The number of hydrogen-bond donors (Lipinski definition) is 4. The zero-order valence-corrected chi connectivity index (χ0v) is 11.6. The SMILES string of the molecule is CN1CCC(O)C(O)C1CO.Nc1cncc(C(F)F)n1. The molecule has 0 radical (unpaired) electrons. The Bertz CT molecular complexity index is 439. The van der Waals surface area contributed by atoms with Crippen LogP contribution in [0.1, 0.15) is 18.5 Å². The quantitative estimate of drug-likeness (QED) is 0.576. The highest BCUT2D eigenvalue weighted by atomic mass is 19.3. The molecule has 2 rings (SSSR count). The van der Waals surface area contributed by atoms with Crippen molar-refractivity contribution >= 4 is 5.82 Å². The maximum absolute atomic E-state index is 11.8. The molecule has 3 atom stereocenters. The monoisotopic (exact) mass is 306 g/mol. The van der Waals surface area contributed by atoms with Gasteiger partial charge in [-0.15, -0.1) is 0 Å². The normalized spacial score (nSPS) is 26.3. The molecule has 1 aromatic rings. The second kappa shape index (κ2) is 8.13. The lowest BCUT2D eigenvalue weighted by Gasteiger charge is -2.38. The number of aliphatic hydroxyl groups excluding tert-OH is 3. The molecule has 5 N–H and O–H groups in total. The maximum atomic E-state index is 11.8. The predicted molar refractivity (Wildman–Crippen MR) is 71.5 cm³/mol. The third kappa shape index (κ3) is 5.12. The van der Waals surface area contributed by atoms with Crippen LogP contribution in [0, 0.1) is 0 Å². The third-order valence-corrected chi connectivity index (χ3v) is 3.21. The van der Waals surface area contributed by atoms with Gasteiger partial charge in [-0.1, -0.05) is 0 Å². The van der Waals surface area contributed by atoms with Crippen molar-refractivity contribution in [2.45, 2.75) is 31.1 Å². The summed E-state index contributed by atoms with van der Waals surface area (Å²) < 4.78 is 23.6. The van der Waals surface area contributed by atoms with Crippen molar-refractivity contribution in [3.8, 4) is 0 Å². The van der Waals surface area contributed by atoms with Gasteiger partial charge in [-0.2, -0.15) is 0 Å². The van der Waals surface area contributed by atoms with E-state index in [9.17, 15) is 19.0 Å². The number of anilines is 1. The summed E-state index contributed by atoms with van der Waals surface area (Å²) in [7, 11) is 1.83. The molecule has 1 aromatic heterocycles. The number of aliphatic hydroxyl groups is 3. The zero-order chi connectivity index (χ0) is 16.0. The zero-order valence-electron chi connectivity index (χ0n) is 11.6. The topological polar surface area (TPSA) is 116 Å². The minimum absolute atomic E-state index is 0.0119. The van der Waals surface area contributed by atoms with Gasteiger partial charge in [-0.3, -0.25) is 9.88 Å². The molecule has 1 saturated heterocycles. The number of aromatic nitrogens is 2. The number of nitrogens with zero attached hydrogens (tertiary/aromatic N) is 3. The minimum Gasteiger partial charge on any atom is -0.395 e. The fraction of sp³-hybridized carbons (Fsp3) is 0.667. The van der Waals surface area contributed by atoms with Crippen molar-refractivity contribution in [1.29, 1.82) is 0 Å². The van der Waals surface area contributed by atoms with E-state index in [1.165, 1.54) is 6.20 Å². The predicted octanol–water partition coefficient (Wildman–Crippen LogP) is -0.599. The van der Waals surface area contributed by atoms with Crippen LogP contribution in [0.25, 0.3) is 0 Å². The van der Waals surface area contributed by atoms with E-state index in [2.05, 4.69) is 9.97 Å². The van der Waals surface area contributed by atoms with Gasteiger partial charge in [0.05, 0.1) is 37.3 Å². The van der Waals surface area contributed by atoms with Crippen molar-refractivity contribution in [2.75, 3.05) is 25.9 Å². The third-order valence-electron chi connectivity index (χ3n) is 3.21. The van der Waals surface area contributed by atoms with E-state index in [0.29, 0.717) is 6.42 Å². The fourth-order valence-corrected chi connectivity index (χ4v) is 1.94. The van der Waals surface area contributed by atoms with E-state index >= 15 is 0 Å². The van der Waals surface area contributed by atoms with Crippen LogP contribution in [-0.4, -0.2) is 68.6 Å². The Kier molecular flexibility index (Phi) is 6.82. The summed E-state index contributed by atoms with van der Waals surface area (Å²) in [4.78, 5) is 8.63. The molecule has 1 aliphatic rings. The number of nitrogen functional groups attached to an aromatic ring is 1. The van der Waals surface area contributed by atoms with Crippen LogP contribution < -0.4 is 5.73 Å². The van der Waals surface area contributed by atoms with Crippen molar-refractivity contribution in [3.05, 3.63) is 18.1 Å². The van der Waals surface area contributed by atoms with E-state index in [1.54, 1.807) is 0 Å². The molecule has 0 bridgehead atoms. The van der Waals surface area contributed by atoms with Gasteiger partial charge < -0.3 is 21.1 Å². The van der Waals surface area contributed by atoms with E-state index < -0.39 is 18.6 Å². The summed E-state index contributed by atoms with van der Waals surface area (Å²) >= 11 is 0. The lowest BCUT2D eigenvalue weighted by atomic mass is 9.97. The maximum Gasteiger partial charge on any atom is 0.281 e. The smallest absolute Gasteiger partial charge is 0.281 e. The van der Waals surface area contributed by atoms with Crippen LogP contribution in [0.3, 0.4) is 0 Å². The largest absolute Gasteiger partial charge is 0.395 e. The average molecular weight is 306 g/mol. The number of halogens is 2. The molecule has 0 aliphatic carbocycles. The Morgan fingerprint density at radius 2 is 2.10 bits per heavy atom. The van der Waals surface area contributed by atoms with Gasteiger partial charge >= 0.3 is 0 Å². The first-order chi connectivity index (χ1) is 9.86. The number of hydrogen-bond acceptors (Lipinski definition) is 7. The molecule has 2 heterocycles. The molecule has 7 nitrogen and oxygen atoms in total. The molecular formula is C12H20F2N4O3. The van der Waals surface area contributed by atoms with Gasteiger partial charge in [-0.25, -0.2) is 13.8 Å². The van der Waals surface area contributed by atoms with Gasteiger partial charge in [0, 0.05) is 6.54 Å². The van der Waals surface area contributed by atoms with Crippen molar-refractivity contribution < 1.29 is 24.1 Å². The van der Waals surface area contributed by atoms with Crippen LogP contribution in [0.2, 0.25) is 0 Å². The summed E-state index contributed by atoms with van der Waals surface area (Å²) in [5.74, 6) is 0.0119. The number of piperidine rings is 1. The van der Waals surface area contributed by atoms with E-state index in [0.717, 1.165) is 12.7 Å². The highest BCUT2D eigenvalue weighted by Gasteiger charge is 2.33. The second-order valence-corrected chi connectivity index (χ2v) is 4.75. The number of alkyl halides is 2. The molecule has 0 aromatic carbocycles. The first-order valence-corrected chi connectivity index (χ1v) is 6.39. The van der Waals surface area contributed by atoms with Gasteiger partial charge in [0.15, 0.2) is 0 Å². The Morgan fingerprint density at radius 3 is 2.52 bits per heavy atom. The number of likely N-dealkylation sites (tertiary alicyclic amines) is 1. The van der Waals surface area contributed by atoms with Crippen molar-refractivity contribution in [2.24, 2.45) is 0 Å². The summed E-state index contributed by atoms with van der Waals surface area (Å²) in [6, 6.07) is -0.307. The molecule has 1 fully saturated rings. The lowest BCUT2D eigenvalue weighted by molar-refractivity contribution is -0.0818. The van der Waals surface area contributed by atoms with E-state index in [-0.39, 0.29) is 24.2 Å². The lowest BCUT2D eigenvalue weighted by Crippen LogP contribution is -2.54. The van der Waals surface area contributed by atoms with Crippen LogP contribution in [0.15, 0.2) is 12.4 Å². The molecule has 1 aliphatic heterocycles. The Hall–Kier alpha value is -1.42. The average Bonchev–Trinajstić information content (AvgIpc) is 2.44. The van der Waals surface area contributed by atoms with Crippen LogP contribution >= 0.6 is 0 Å². The van der Waals surface area contributed by atoms with Crippen molar-refractivity contribution in [1.82, 2.24) is 14.9 Å². The van der Waals surface area contributed by atoms with E-state index in [4.69, 9.17) is 10.8 Å². The number of likely N-dealkylation sites (N-methyl/N-ethyl adjacent to an activating group) is 1. The van der Waals surface area contributed by atoms with Gasteiger partial charge in [0.2, 0.25) is 0 Å². The summed E-state index contributed by atoms with van der Waals surface area (Å²) in [5, 5.41) is 27.4. The molecule has 0 spiro atoms. The van der Waals surface area contributed by atoms with Gasteiger partial charge in [0.1, 0.15) is 11.5 Å². The highest BCUT2D eigenvalue weighted by Crippen LogP contribution is 2.16. The summed E-state index contributed by atoms with van der Waals surface area (Å²) in [5.41, 5.74) is 4.70. The van der Waals surface area contributed by atoms with E-state index in [1.807, 2.05) is 11.9 Å². The molecule has 0 amide bonds. The van der Waals surface area contributed by atoms with Crippen molar-refractivity contribution in [3.63, 3.8) is 0 Å². The van der Waals surface area contributed by atoms with Gasteiger partial charge in [0.25, 0.3) is 6.43 Å². The molecular weight excluding hydrogens is 286 g/mol. The van der Waals surface area contributed by atoms with Crippen LogP contribution in [-0.2, 0) is 0 Å². The number of rotatable bonds is 2. The molecule has 9 heteroatoms. The van der Waals surface area contributed by atoms with Crippen LogP contribution in [0.4, 0.5) is 14.6 Å². The fourth-order valence-electron chi connectivity index (χ4n) is 1.94. The standard InChI is InChI=1S/C7H15NO3.C5H5F2N3/c1-8-3-2-6(10)7(11)5(8)4-9;6-5(7)3-1-9-2-4(8)10-3/h5-7,9-11H,2-4H2,1H3;1-2,5H,(H2,8,10). The molecule has 3 unspecified atom stereocenters. The highest BCUT2D eigenvalue weighted by molar-refractivity contribution is 5.23. The summed E-state index contributed by atoms with van der Waals surface area (Å²) in [6.07, 6.45) is -1.31. The molecule has 0 saturated carbocycles. The first-order valence-electron chi connectivity index (χ1n) is 6.39. The Morgan fingerprint density at radius 1 is 1.43 bits per heavy atom. The minimum atomic E-state index is -2.60.